The van der Waals surface area contributed by atoms with Crippen molar-refractivity contribution in [2.45, 2.75) is 13.0 Å². The van der Waals surface area contributed by atoms with E-state index in [2.05, 4.69) is 4.72 Å². The molecule has 0 fully saturated rings. The number of hydrogen-bond donors (Lipinski definition) is 1. The second-order valence-corrected chi connectivity index (χ2v) is 7.14. The number of carbonyl (C=O) groups is 1. The van der Waals surface area contributed by atoms with Gasteiger partial charge in [-0.1, -0.05) is 41.9 Å². The Morgan fingerprint density at radius 3 is 2.39 bits per heavy atom. The molecule has 0 bridgehead atoms. The van der Waals surface area contributed by atoms with Gasteiger partial charge < -0.3 is 4.74 Å². The maximum atomic E-state index is 12.3. The van der Waals surface area contributed by atoms with Crippen molar-refractivity contribution in [1.29, 1.82) is 0 Å². The van der Waals surface area contributed by atoms with Crippen LogP contribution in [0.25, 0.3) is 0 Å². The third kappa shape index (κ3) is 4.71. The van der Waals surface area contributed by atoms with Gasteiger partial charge in [0.25, 0.3) is 0 Å². The molecule has 2 rings (SSSR count). The molecule has 0 spiro atoms. The third-order valence-electron chi connectivity index (χ3n) is 3.07. The van der Waals surface area contributed by atoms with Crippen LogP contribution in [0, 0.1) is 0 Å². The molecule has 0 amide bonds. The highest BCUT2D eigenvalue weighted by molar-refractivity contribution is 7.92. The van der Waals surface area contributed by atoms with Crippen molar-refractivity contribution in [2.75, 3.05) is 11.0 Å². The molecule has 0 saturated carbocycles. The molecule has 122 valence electrons. The lowest BCUT2D eigenvalue weighted by atomic mass is 10.1. The van der Waals surface area contributed by atoms with Gasteiger partial charge in [0, 0.05) is 10.6 Å². The molecule has 2 aromatic rings. The molecule has 0 saturated heterocycles. The lowest BCUT2D eigenvalue weighted by Crippen LogP contribution is -2.15. The number of esters is 1. The van der Waals surface area contributed by atoms with Gasteiger partial charge in [0.1, 0.15) is 6.10 Å². The Morgan fingerprint density at radius 2 is 1.74 bits per heavy atom. The predicted molar refractivity (Wildman–Crippen MR) is 90.2 cm³/mol. The summed E-state index contributed by atoms with van der Waals surface area (Å²) in [6.07, 6.45) is 0.448. The molecule has 5 nitrogen and oxygen atoms in total. The van der Waals surface area contributed by atoms with Crippen LogP contribution in [0.4, 0.5) is 5.69 Å². The first kappa shape index (κ1) is 17.3. The molecule has 1 atom stereocenters. The van der Waals surface area contributed by atoms with Crippen LogP contribution in [0.3, 0.4) is 0 Å². The summed E-state index contributed by atoms with van der Waals surface area (Å²) in [6, 6.07) is 13.3. The van der Waals surface area contributed by atoms with E-state index in [9.17, 15) is 13.2 Å². The monoisotopic (exact) mass is 353 g/mol. The van der Waals surface area contributed by atoms with E-state index in [1.165, 1.54) is 12.1 Å². The Bertz CT molecular complexity index is 820. The van der Waals surface area contributed by atoms with E-state index >= 15 is 0 Å². The highest BCUT2D eigenvalue weighted by Gasteiger charge is 2.19. The van der Waals surface area contributed by atoms with Gasteiger partial charge in [-0.3, -0.25) is 4.72 Å². The third-order valence-corrected chi connectivity index (χ3v) is 4.00. The van der Waals surface area contributed by atoms with Crippen molar-refractivity contribution < 1.29 is 17.9 Å². The number of rotatable bonds is 5. The van der Waals surface area contributed by atoms with E-state index in [0.29, 0.717) is 10.6 Å². The summed E-state index contributed by atoms with van der Waals surface area (Å²) in [5.74, 6) is -0.635. The summed E-state index contributed by atoms with van der Waals surface area (Å²) >= 11 is 6.08. The van der Waals surface area contributed by atoms with Gasteiger partial charge in [0.15, 0.2) is 0 Å². The number of benzene rings is 2. The zero-order valence-corrected chi connectivity index (χ0v) is 14.2. The van der Waals surface area contributed by atoms with Crippen LogP contribution in [-0.2, 0) is 14.8 Å². The lowest BCUT2D eigenvalue weighted by molar-refractivity contribution is 0.0339. The Labute approximate surface area is 140 Å². The molecule has 0 heterocycles. The number of anilines is 1. The van der Waals surface area contributed by atoms with Gasteiger partial charge >= 0.3 is 5.97 Å². The fourth-order valence-corrected chi connectivity index (χ4v) is 2.91. The number of halogens is 1. The molecule has 1 N–H and O–H groups in total. The SMILES string of the molecule is CC(OC(=O)c1ccccc1NS(C)(=O)=O)c1ccccc1Cl. The van der Waals surface area contributed by atoms with Crippen LogP contribution in [0.2, 0.25) is 5.02 Å². The van der Waals surface area contributed by atoms with E-state index in [4.69, 9.17) is 16.3 Å². The van der Waals surface area contributed by atoms with Crippen molar-refractivity contribution >= 4 is 33.3 Å². The topological polar surface area (TPSA) is 72.5 Å². The number of hydrogen-bond acceptors (Lipinski definition) is 4. The number of para-hydroxylation sites is 1. The predicted octanol–water partition coefficient (Wildman–Crippen LogP) is 3.63. The van der Waals surface area contributed by atoms with Gasteiger partial charge in [-0.15, -0.1) is 0 Å². The van der Waals surface area contributed by atoms with Crippen molar-refractivity contribution in [2.24, 2.45) is 0 Å². The van der Waals surface area contributed by atoms with Crippen LogP contribution in [-0.4, -0.2) is 20.6 Å². The van der Waals surface area contributed by atoms with Crippen molar-refractivity contribution in [3.63, 3.8) is 0 Å². The normalized spacial score (nSPS) is 12.5. The van der Waals surface area contributed by atoms with Gasteiger partial charge in [-0.05, 0) is 25.1 Å². The molecule has 23 heavy (non-hydrogen) atoms. The molecule has 0 aliphatic carbocycles. The number of nitrogens with one attached hydrogen (secondary N) is 1. The lowest BCUT2D eigenvalue weighted by Gasteiger charge is -2.16. The van der Waals surface area contributed by atoms with E-state index in [-0.39, 0.29) is 11.3 Å². The minimum atomic E-state index is -3.50. The maximum Gasteiger partial charge on any atom is 0.340 e. The summed E-state index contributed by atoms with van der Waals surface area (Å²) in [7, 11) is -3.50. The molecule has 7 heteroatoms. The second-order valence-electron chi connectivity index (χ2n) is 4.99. The molecule has 2 aromatic carbocycles. The van der Waals surface area contributed by atoms with Crippen LogP contribution in [0.15, 0.2) is 48.5 Å². The molecular formula is C16H16ClNO4S. The smallest absolute Gasteiger partial charge is 0.340 e. The highest BCUT2D eigenvalue weighted by atomic mass is 35.5. The van der Waals surface area contributed by atoms with Crippen molar-refractivity contribution in [3.8, 4) is 0 Å². The fraction of sp³-hybridized carbons (Fsp3) is 0.188. The zero-order valence-electron chi connectivity index (χ0n) is 12.6. The maximum absolute atomic E-state index is 12.3. The van der Waals surface area contributed by atoms with E-state index in [1.807, 2.05) is 0 Å². The number of carbonyl (C=O) groups excluding carboxylic acids is 1. The Hall–Kier alpha value is -2.05. The minimum absolute atomic E-state index is 0.136. The van der Waals surface area contributed by atoms with Crippen LogP contribution in [0.5, 0.6) is 0 Å². The van der Waals surface area contributed by atoms with Crippen molar-refractivity contribution in [1.82, 2.24) is 0 Å². The average molecular weight is 354 g/mol. The number of ether oxygens (including phenoxy) is 1. The Morgan fingerprint density at radius 1 is 1.13 bits per heavy atom. The van der Waals surface area contributed by atoms with Gasteiger partial charge in [0.05, 0.1) is 17.5 Å². The molecule has 0 aliphatic rings. The average Bonchev–Trinajstić information content (AvgIpc) is 2.46. The van der Waals surface area contributed by atoms with E-state index in [1.54, 1.807) is 43.3 Å². The summed E-state index contributed by atoms with van der Waals surface area (Å²) in [4.78, 5) is 12.3. The zero-order chi connectivity index (χ0) is 17.0. The first-order valence-electron chi connectivity index (χ1n) is 6.80. The number of sulfonamides is 1. The molecule has 0 radical (unpaired) electrons. The quantitative estimate of drug-likeness (QED) is 0.833. The summed E-state index contributed by atoms with van der Waals surface area (Å²) in [6.45, 7) is 1.70. The Kier molecular flexibility index (Phi) is 5.28. The van der Waals surface area contributed by atoms with Gasteiger partial charge in [-0.25, -0.2) is 13.2 Å². The van der Waals surface area contributed by atoms with E-state index in [0.717, 1.165) is 6.26 Å². The van der Waals surface area contributed by atoms with E-state index < -0.39 is 22.1 Å². The largest absolute Gasteiger partial charge is 0.454 e. The van der Waals surface area contributed by atoms with Crippen LogP contribution in [0.1, 0.15) is 28.9 Å². The highest BCUT2D eigenvalue weighted by Crippen LogP contribution is 2.27. The molecule has 0 aromatic heterocycles. The molecule has 0 aliphatic heterocycles. The summed E-state index contributed by atoms with van der Waals surface area (Å²) in [5.41, 5.74) is 0.985. The molecule has 1 unspecified atom stereocenters. The fourth-order valence-electron chi connectivity index (χ4n) is 2.04. The first-order valence-corrected chi connectivity index (χ1v) is 9.07. The van der Waals surface area contributed by atoms with Crippen LogP contribution < -0.4 is 4.72 Å². The van der Waals surface area contributed by atoms with Gasteiger partial charge in [0.2, 0.25) is 10.0 Å². The standard InChI is InChI=1S/C16H16ClNO4S/c1-11(12-7-3-5-9-14(12)17)22-16(19)13-8-4-6-10-15(13)18-23(2,20)21/h3-11,18H,1-2H3. The van der Waals surface area contributed by atoms with Gasteiger partial charge in [-0.2, -0.15) is 0 Å². The summed E-state index contributed by atoms with van der Waals surface area (Å²) in [5, 5.41) is 0.496. The van der Waals surface area contributed by atoms with Crippen LogP contribution >= 0.6 is 11.6 Å². The minimum Gasteiger partial charge on any atom is -0.454 e. The second kappa shape index (κ2) is 7.02. The Balaban J connectivity index is 2.23. The first-order chi connectivity index (χ1) is 10.8. The van der Waals surface area contributed by atoms with Crippen molar-refractivity contribution in [3.05, 3.63) is 64.7 Å². The summed E-state index contributed by atoms with van der Waals surface area (Å²) < 4.78 is 30.5. The molecular weight excluding hydrogens is 338 g/mol.